The topological polar surface area (TPSA) is 54.0 Å². The summed E-state index contributed by atoms with van der Waals surface area (Å²) < 4.78 is 26.1. The van der Waals surface area contributed by atoms with E-state index in [0.29, 0.717) is 0 Å². The third-order valence-electron chi connectivity index (χ3n) is 3.51. The molecule has 25 heavy (non-hydrogen) atoms. The minimum atomic E-state index is -1.02. The number of carbonyl (C=O) groups is 1. The number of anilines is 3. The number of hydrogen-bond donors (Lipinski definition) is 2. The maximum Gasteiger partial charge on any atom is 0.274 e. The zero-order valence-corrected chi connectivity index (χ0v) is 13.4. The van der Waals surface area contributed by atoms with Gasteiger partial charge in [-0.1, -0.05) is 17.7 Å². The molecule has 1 heterocycles. The van der Waals surface area contributed by atoms with Crippen molar-refractivity contribution in [2.24, 2.45) is 0 Å². The summed E-state index contributed by atoms with van der Waals surface area (Å²) >= 11 is 0. The number of nitrogens with one attached hydrogen (secondary N) is 2. The van der Waals surface area contributed by atoms with Crippen LogP contribution in [0.4, 0.5) is 25.8 Å². The number of rotatable bonds is 4. The van der Waals surface area contributed by atoms with Crippen LogP contribution in [0.5, 0.6) is 0 Å². The van der Waals surface area contributed by atoms with Gasteiger partial charge in [-0.05, 0) is 43.3 Å². The van der Waals surface area contributed by atoms with Gasteiger partial charge in [0, 0.05) is 17.4 Å². The number of aromatic nitrogens is 1. The summed E-state index contributed by atoms with van der Waals surface area (Å²) in [6, 6.07) is 14.3. The predicted octanol–water partition coefficient (Wildman–Crippen LogP) is 4.66. The van der Waals surface area contributed by atoms with Crippen LogP contribution in [-0.2, 0) is 0 Å². The van der Waals surface area contributed by atoms with Crippen LogP contribution in [0.2, 0.25) is 0 Å². The molecule has 3 rings (SSSR count). The van der Waals surface area contributed by atoms with Crippen LogP contribution in [0, 0.1) is 18.6 Å². The van der Waals surface area contributed by atoms with Crippen LogP contribution in [0.1, 0.15) is 16.1 Å². The average molecular weight is 339 g/mol. The third kappa shape index (κ3) is 4.17. The zero-order chi connectivity index (χ0) is 17.8. The SMILES string of the molecule is Cc1ccc(Nc2ccc(C(=O)Nc3ccc(F)c(F)c3)nc2)cc1. The van der Waals surface area contributed by atoms with Crippen molar-refractivity contribution in [2.45, 2.75) is 6.92 Å². The number of carbonyl (C=O) groups excluding carboxylic acids is 1. The fraction of sp³-hybridized carbons (Fsp3) is 0.0526. The van der Waals surface area contributed by atoms with Gasteiger partial charge in [-0.25, -0.2) is 13.8 Å². The van der Waals surface area contributed by atoms with Crippen molar-refractivity contribution in [2.75, 3.05) is 10.6 Å². The van der Waals surface area contributed by atoms with Crippen molar-refractivity contribution in [1.29, 1.82) is 0 Å². The Kier molecular flexibility index (Phi) is 4.70. The number of pyridine rings is 1. The Hall–Kier alpha value is -3.28. The molecule has 0 fully saturated rings. The Morgan fingerprint density at radius 1 is 0.880 bits per heavy atom. The second kappa shape index (κ2) is 7.09. The van der Waals surface area contributed by atoms with E-state index in [1.165, 1.54) is 12.3 Å². The van der Waals surface area contributed by atoms with Crippen LogP contribution < -0.4 is 10.6 Å². The lowest BCUT2D eigenvalue weighted by Crippen LogP contribution is -2.13. The molecule has 6 heteroatoms. The van der Waals surface area contributed by atoms with Gasteiger partial charge in [-0.2, -0.15) is 0 Å². The summed E-state index contributed by atoms with van der Waals surface area (Å²) in [5.41, 5.74) is 3.12. The van der Waals surface area contributed by atoms with Crippen molar-refractivity contribution < 1.29 is 13.6 Å². The van der Waals surface area contributed by atoms with E-state index in [9.17, 15) is 13.6 Å². The average Bonchev–Trinajstić information content (AvgIpc) is 2.61. The van der Waals surface area contributed by atoms with E-state index >= 15 is 0 Å². The second-order valence-electron chi connectivity index (χ2n) is 5.51. The maximum absolute atomic E-state index is 13.2. The highest BCUT2D eigenvalue weighted by Gasteiger charge is 2.10. The summed E-state index contributed by atoms with van der Waals surface area (Å²) in [7, 11) is 0. The van der Waals surface area contributed by atoms with Crippen molar-refractivity contribution in [3.05, 3.63) is 83.7 Å². The lowest BCUT2D eigenvalue weighted by atomic mass is 10.2. The van der Waals surface area contributed by atoms with E-state index in [4.69, 9.17) is 0 Å². The molecule has 0 aliphatic carbocycles. The molecule has 0 aliphatic rings. The largest absolute Gasteiger partial charge is 0.354 e. The Balaban J connectivity index is 1.67. The Morgan fingerprint density at radius 2 is 1.56 bits per heavy atom. The monoisotopic (exact) mass is 339 g/mol. The number of benzene rings is 2. The molecule has 2 N–H and O–H groups in total. The molecule has 1 aromatic heterocycles. The molecule has 2 aromatic carbocycles. The van der Waals surface area contributed by atoms with Crippen molar-refractivity contribution in [3.8, 4) is 0 Å². The standard InChI is InChI=1S/C19H15F2N3O/c1-12-2-4-13(5-3-12)23-15-7-9-18(22-11-15)19(25)24-14-6-8-16(20)17(21)10-14/h2-11,23H,1H3,(H,24,25). The lowest BCUT2D eigenvalue weighted by Gasteiger charge is -2.08. The molecule has 0 bridgehead atoms. The van der Waals surface area contributed by atoms with Gasteiger partial charge >= 0.3 is 0 Å². The van der Waals surface area contributed by atoms with Crippen LogP contribution >= 0.6 is 0 Å². The number of hydrogen-bond acceptors (Lipinski definition) is 3. The van der Waals surface area contributed by atoms with Crippen LogP contribution in [0.15, 0.2) is 60.8 Å². The fourth-order valence-corrected chi connectivity index (χ4v) is 2.17. The Bertz CT molecular complexity index is 894. The first-order valence-corrected chi connectivity index (χ1v) is 7.57. The summed E-state index contributed by atoms with van der Waals surface area (Å²) in [5, 5.41) is 5.65. The highest BCUT2D eigenvalue weighted by molar-refractivity contribution is 6.02. The number of aryl methyl sites for hydroxylation is 1. The number of nitrogens with zero attached hydrogens (tertiary/aromatic N) is 1. The maximum atomic E-state index is 13.2. The molecule has 3 aromatic rings. The van der Waals surface area contributed by atoms with Gasteiger partial charge in [-0.3, -0.25) is 4.79 Å². The Morgan fingerprint density at radius 3 is 2.20 bits per heavy atom. The predicted molar refractivity (Wildman–Crippen MR) is 93.0 cm³/mol. The number of halogens is 2. The van der Waals surface area contributed by atoms with E-state index in [0.717, 1.165) is 29.1 Å². The van der Waals surface area contributed by atoms with E-state index in [2.05, 4.69) is 15.6 Å². The zero-order valence-electron chi connectivity index (χ0n) is 13.4. The molecule has 0 spiro atoms. The van der Waals surface area contributed by atoms with E-state index < -0.39 is 17.5 Å². The highest BCUT2D eigenvalue weighted by Crippen LogP contribution is 2.17. The minimum absolute atomic E-state index is 0.160. The van der Waals surface area contributed by atoms with Crippen molar-refractivity contribution in [3.63, 3.8) is 0 Å². The molecule has 126 valence electrons. The first-order valence-electron chi connectivity index (χ1n) is 7.57. The first-order chi connectivity index (χ1) is 12.0. The van der Waals surface area contributed by atoms with Gasteiger partial charge < -0.3 is 10.6 Å². The summed E-state index contributed by atoms with van der Waals surface area (Å²) in [4.78, 5) is 16.2. The molecule has 0 atom stereocenters. The molecule has 1 amide bonds. The minimum Gasteiger partial charge on any atom is -0.354 e. The third-order valence-corrected chi connectivity index (χ3v) is 3.51. The molecule has 0 aliphatic heterocycles. The molecular weight excluding hydrogens is 324 g/mol. The second-order valence-corrected chi connectivity index (χ2v) is 5.51. The first kappa shape index (κ1) is 16.6. The Labute approximate surface area is 143 Å². The van der Waals surface area contributed by atoms with Crippen LogP contribution in [0.25, 0.3) is 0 Å². The normalized spacial score (nSPS) is 10.4. The highest BCUT2D eigenvalue weighted by atomic mass is 19.2. The van der Waals surface area contributed by atoms with Crippen LogP contribution in [0.3, 0.4) is 0 Å². The van der Waals surface area contributed by atoms with Gasteiger partial charge in [0.05, 0.1) is 11.9 Å². The molecule has 4 nitrogen and oxygen atoms in total. The summed E-state index contributed by atoms with van der Waals surface area (Å²) in [6.07, 6.45) is 1.53. The van der Waals surface area contributed by atoms with E-state index in [1.807, 2.05) is 31.2 Å². The van der Waals surface area contributed by atoms with Crippen molar-refractivity contribution in [1.82, 2.24) is 4.98 Å². The van der Waals surface area contributed by atoms with Gasteiger partial charge in [-0.15, -0.1) is 0 Å². The lowest BCUT2D eigenvalue weighted by molar-refractivity contribution is 0.102. The molecule has 0 saturated heterocycles. The number of amides is 1. The fourth-order valence-electron chi connectivity index (χ4n) is 2.17. The van der Waals surface area contributed by atoms with Gasteiger partial charge in [0.2, 0.25) is 0 Å². The molecular formula is C19H15F2N3O. The van der Waals surface area contributed by atoms with Gasteiger partial charge in [0.25, 0.3) is 5.91 Å². The summed E-state index contributed by atoms with van der Waals surface area (Å²) in [6.45, 7) is 2.01. The molecule has 0 unspecified atom stereocenters. The van der Waals surface area contributed by atoms with Crippen LogP contribution in [-0.4, -0.2) is 10.9 Å². The van der Waals surface area contributed by atoms with Gasteiger partial charge in [0.15, 0.2) is 11.6 Å². The van der Waals surface area contributed by atoms with Crippen molar-refractivity contribution >= 4 is 23.0 Å². The smallest absolute Gasteiger partial charge is 0.274 e. The molecule has 0 saturated carbocycles. The van der Waals surface area contributed by atoms with E-state index in [-0.39, 0.29) is 11.4 Å². The summed E-state index contributed by atoms with van der Waals surface area (Å²) in [5.74, 6) is -2.50. The van der Waals surface area contributed by atoms with E-state index in [1.54, 1.807) is 12.1 Å². The quantitative estimate of drug-likeness (QED) is 0.727. The molecule has 0 radical (unpaired) electrons. The van der Waals surface area contributed by atoms with Gasteiger partial charge in [0.1, 0.15) is 5.69 Å².